The molecule has 5 N–H and O–H groups in total. The van der Waals surface area contributed by atoms with E-state index in [0.29, 0.717) is 37.3 Å². The number of ether oxygens (including phenoxy) is 2. The molecule has 1 saturated carbocycles. The SMILES string of the molecule is CCOC(=O)c1c(CSc2ccc(OC(F)(F)F)cc2)n(C2CC2)c2cc(Br)c(O)c(CN=C(N)N)c12. The summed E-state index contributed by atoms with van der Waals surface area (Å²) >= 11 is 4.74. The minimum atomic E-state index is -4.77. The molecule has 0 spiro atoms. The highest BCUT2D eigenvalue weighted by atomic mass is 79.9. The Hall–Kier alpha value is -3.06. The maximum absolute atomic E-state index is 13.3. The number of aliphatic imine (C=N–C) groups is 1. The first-order chi connectivity index (χ1) is 17.5. The predicted molar refractivity (Wildman–Crippen MR) is 138 cm³/mol. The lowest BCUT2D eigenvalue weighted by molar-refractivity contribution is -0.274. The number of phenolic OH excluding ortho intramolecular Hbond substituents is 1. The number of rotatable bonds is 9. The van der Waals surface area contributed by atoms with Gasteiger partial charge in [0.1, 0.15) is 11.5 Å². The van der Waals surface area contributed by atoms with E-state index < -0.39 is 12.3 Å². The van der Waals surface area contributed by atoms with E-state index >= 15 is 0 Å². The first-order valence-electron chi connectivity index (χ1n) is 11.3. The van der Waals surface area contributed by atoms with Crippen LogP contribution < -0.4 is 16.2 Å². The summed E-state index contributed by atoms with van der Waals surface area (Å²) in [6, 6.07) is 7.42. The molecule has 4 rings (SSSR count). The van der Waals surface area contributed by atoms with E-state index in [2.05, 4.69) is 30.2 Å². The average molecular weight is 601 g/mol. The Morgan fingerprint density at radius 3 is 2.51 bits per heavy atom. The molecular formula is C24H24BrF3N4O4S. The second-order valence-electron chi connectivity index (χ2n) is 8.27. The Bertz CT molecular complexity index is 1350. The summed E-state index contributed by atoms with van der Waals surface area (Å²) in [4.78, 5) is 18.0. The second-order valence-corrected chi connectivity index (χ2v) is 10.2. The lowest BCUT2D eigenvalue weighted by Crippen LogP contribution is -2.22. The Labute approximate surface area is 222 Å². The zero-order valence-corrected chi connectivity index (χ0v) is 22.0. The van der Waals surface area contributed by atoms with E-state index in [1.165, 1.54) is 36.0 Å². The van der Waals surface area contributed by atoms with E-state index in [4.69, 9.17) is 16.2 Å². The summed E-state index contributed by atoms with van der Waals surface area (Å²) in [6.07, 6.45) is -2.95. The number of guanidine groups is 1. The van der Waals surface area contributed by atoms with E-state index in [1.807, 2.05) is 0 Å². The standard InChI is InChI=1S/C24H24BrF3N4O4S/c1-2-35-22(34)20-18(11-37-14-7-5-13(6-8-14)36-24(26,27)28)32(12-3-4-12)17-9-16(25)21(33)15(19(17)20)10-31-23(29)30/h5-9,12,33H,2-4,10-11H2,1H3,(H4,29,30,31). The first kappa shape index (κ1) is 27.0. The molecule has 0 bridgehead atoms. The number of aromatic hydroxyl groups is 1. The van der Waals surface area contributed by atoms with Crippen molar-refractivity contribution in [2.75, 3.05) is 6.61 Å². The van der Waals surface area contributed by atoms with Gasteiger partial charge in [0.25, 0.3) is 0 Å². The van der Waals surface area contributed by atoms with Gasteiger partial charge in [-0.2, -0.15) is 0 Å². The Kier molecular flexibility index (Phi) is 7.83. The Morgan fingerprint density at radius 1 is 1.27 bits per heavy atom. The van der Waals surface area contributed by atoms with Crippen LogP contribution in [0.2, 0.25) is 0 Å². The monoisotopic (exact) mass is 600 g/mol. The highest BCUT2D eigenvalue weighted by Gasteiger charge is 2.35. The third kappa shape index (κ3) is 6.09. The van der Waals surface area contributed by atoms with Crippen LogP contribution in [0.5, 0.6) is 11.5 Å². The Balaban J connectivity index is 1.81. The zero-order chi connectivity index (χ0) is 26.9. The van der Waals surface area contributed by atoms with Gasteiger partial charge in [0.15, 0.2) is 5.96 Å². The van der Waals surface area contributed by atoms with Crippen LogP contribution in [0.15, 0.2) is 44.7 Å². The third-order valence-corrected chi connectivity index (χ3v) is 7.29. The van der Waals surface area contributed by atoms with Gasteiger partial charge >= 0.3 is 12.3 Å². The van der Waals surface area contributed by atoms with Crippen molar-refractivity contribution in [2.45, 2.75) is 49.4 Å². The average Bonchev–Trinajstić information content (AvgIpc) is 3.60. The van der Waals surface area contributed by atoms with E-state index in [0.717, 1.165) is 18.4 Å². The number of halogens is 4. The summed E-state index contributed by atoms with van der Waals surface area (Å²) in [6.45, 7) is 1.79. The molecule has 1 fully saturated rings. The maximum atomic E-state index is 13.3. The van der Waals surface area contributed by atoms with E-state index in [9.17, 15) is 23.1 Å². The number of esters is 1. The second kappa shape index (κ2) is 10.7. The van der Waals surface area contributed by atoms with Crippen LogP contribution >= 0.6 is 27.7 Å². The normalized spacial score (nSPS) is 13.5. The van der Waals surface area contributed by atoms with Gasteiger partial charge < -0.3 is 30.6 Å². The van der Waals surface area contributed by atoms with E-state index in [1.54, 1.807) is 13.0 Å². The number of alkyl halides is 3. The molecule has 8 nitrogen and oxygen atoms in total. The molecule has 1 aromatic heterocycles. The number of phenols is 1. The summed E-state index contributed by atoms with van der Waals surface area (Å²) in [5, 5.41) is 11.4. The molecule has 1 aliphatic rings. The fourth-order valence-electron chi connectivity index (χ4n) is 4.08. The summed E-state index contributed by atoms with van der Waals surface area (Å²) in [7, 11) is 0. The topological polar surface area (TPSA) is 125 Å². The number of nitrogens with two attached hydrogens (primary N) is 2. The van der Waals surface area contributed by atoms with Crippen LogP contribution in [0.3, 0.4) is 0 Å². The van der Waals surface area contributed by atoms with Crippen molar-refractivity contribution >= 4 is 50.5 Å². The molecule has 0 unspecified atom stereocenters. The van der Waals surface area contributed by atoms with Crippen molar-refractivity contribution in [3.63, 3.8) is 0 Å². The lowest BCUT2D eigenvalue weighted by Gasteiger charge is -2.12. The summed E-state index contributed by atoms with van der Waals surface area (Å²) in [5.74, 6) is -0.806. The highest BCUT2D eigenvalue weighted by Crippen LogP contribution is 2.47. The predicted octanol–water partition coefficient (Wildman–Crippen LogP) is 5.59. The van der Waals surface area contributed by atoms with Crippen molar-refractivity contribution in [1.29, 1.82) is 0 Å². The molecule has 0 radical (unpaired) electrons. The minimum Gasteiger partial charge on any atom is -0.506 e. The van der Waals surface area contributed by atoms with Crippen LogP contribution in [0.1, 0.15) is 47.4 Å². The molecule has 198 valence electrons. The number of nitrogens with zero attached hydrogens (tertiary/aromatic N) is 2. The summed E-state index contributed by atoms with van der Waals surface area (Å²) in [5.41, 5.74) is 13.1. The van der Waals surface area contributed by atoms with Gasteiger partial charge in [-0.3, -0.25) is 0 Å². The molecule has 2 aromatic carbocycles. The molecule has 13 heteroatoms. The number of fused-ring (bicyclic) bond motifs is 1. The number of carbonyl (C=O) groups excluding carboxylic acids is 1. The van der Waals surface area contributed by atoms with Crippen molar-refractivity contribution in [2.24, 2.45) is 16.5 Å². The maximum Gasteiger partial charge on any atom is 0.573 e. The lowest BCUT2D eigenvalue weighted by atomic mass is 10.0. The molecule has 3 aromatic rings. The van der Waals surface area contributed by atoms with Crippen LogP contribution in [-0.2, 0) is 17.0 Å². The molecule has 1 heterocycles. The number of benzene rings is 2. The quantitative estimate of drug-likeness (QED) is 0.127. The molecule has 0 saturated heterocycles. The van der Waals surface area contributed by atoms with Gasteiger partial charge in [0, 0.05) is 33.3 Å². The zero-order valence-electron chi connectivity index (χ0n) is 19.6. The van der Waals surface area contributed by atoms with Crippen molar-refractivity contribution in [3.8, 4) is 11.5 Å². The van der Waals surface area contributed by atoms with Crippen molar-refractivity contribution in [3.05, 3.63) is 51.6 Å². The Morgan fingerprint density at radius 2 is 1.95 bits per heavy atom. The van der Waals surface area contributed by atoms with Crippen molar-refractivity contribution in [1.82, 2.24) is 4.57 Å². The van der Waals surface area contributed by atoms with E-state index in [-0.39, 0.29) is 36.7 Å². The fraction of sp³-hybridized carbons (Fsp3) is 0.333. The third-order valence-electron chi connectivity index (χ3n) is 5.67. The number of carbonyl (C=O) groups is 1. The van der Waals surface area contributed by atoms with Gasteiger partial charge in [0.05, 0.1) is 28.7 Å². The molecule has 37 heavy (non-hydrogen) atoms. The fourth-order valence-corrected chi connectivity index (χ4v) is 5.46. The minimum absolute atomic E-state index is 0.0571. The van der Waals surface area contributed by atoms with Gasteiger partial charge in [-0.15, -0.1) is 24.9 Å². The number of thioether (sulfide) groups is 1. The van der Waals surface area contributed by atoms with Gasteiger partial charge in [0.2, 0.25) is 0 Å². The van der Waals surface area contributed by atoms with Gasteiger partial charge in [-0.25, -0.2) is 9.79 Å². The van der Waals surface area contributed by atoms with Crippen LogP contribution in [0.4, 0.5) is 13.2 Å². The van der Waals surface area contributed by atoms with Gasteiger partial charge in [-0.1, -0.05) is 0 Å². The molecular weight excluding hydrogens is 577 g/mol. The van der Waals surface area contributed by atoms with Crippen LogP contribution in [0.25, 0.3) is 10.9 Å². The molecule has 0 amide bonds. The highest BCUT2D eigenvalue weighted by molar-refractivity contribution is 9.10. The first-order valence-corrected chi connectivity index (χ1v) is 13.1. The summed E-state index contributed by atoms with van der Waals surface area (Å²) < 4.78 is 49.3. The smallest absolute Gasteiger partial charge is 0.506 e. The largest absolute Gasteiger partial charge is 0.573 e. The number of hydrogen-bond donors (Lipinski definition) is 3. The van der Waals surface area contributed by atoms with Crippen LogP contribution in [-0.4, -0.2) is 34.6 Å². The molecule has 1 aliphatic carbocycles. The molecule has 0 aliphatic heterocycles. The van der Waals surface area contributed by atoms with Crippen LogP contribution in [0, 0.1) is 0 Å². The number of hydrogen-bond acceptors (Lipinski definition) is 6. The van der Waals surface area contributed by atoms with Crippen molar-refractivity contribution < 1.29 is 32.5 Å². The molecule has 0 atom stereocenters. The van der Waals surface area contributed by atoms with Gasteiger partial charge in [-0.05, 0) is 66.0 Å². The number of aromatic nitrogens is 1.